The van der Waals surface area contributed by atoms with Crippen LogP contribution in [0.15, 0.2) is 36.4 Å². The third-order valence-corrected chi connectivity index (χ3v) is 4.44. The van der Waals surface area contributed by atoms with Crippen LogP contribution in [-0.2, 0) is 0 Å². The first-order valence-electron chi connectivity index (χ1n) is 8.29. The Labute approximate surface area is 138 Å². The van der Waals surface area contributed by atoms with E-state index in [2.05, 4.69) is 56.8 Å². The lowest BCUT2D eigenvalue weighted by Crippen LogP contribution is -2.46. The van der Waals surface area contributed by atoms with E-state index in [1.807, 2.05) is 25.1 Å². The molecule has 2 aromatic rings. The maximum absolute atomic E-state index is 4.65. The number of para-hydroxylation sites is 1. The number of benzene rings is 1. The van der Waals surface area contributed by atoms with Crippen molar-refractivity contribution in [3.8, 4) is 0 Å². The molecule has 0 spiro atoms. The van der Waals surface area contributed by atoms with Crippen molar-refractivity contribution in [1.82, 2.24) is 14.9 Å². The molecule has 5 nitrogen and oxygen atoms in total. The van der Waals surface area contributed by atoms with Crippen LogP contribution in [0.1, 0.15) is 12.7 Å². The SMILES string of the molecule is CCN1CCN(c2cc(N(C)c3ccccc3)nc(C)n2)CC1. The van der Waals surface area contributed by atoms with Crippen LogP contribution >= 0.6 is 0 Å². The molecule has 0 amide bonds. The molecule has 0 bridgehead atoms. The summed E-state index contributed by atoms with van der Waals surface area (Å²) in [7, 11) is 2.05. The lowest BCUT2D eigenvalue weighted by molar-refractivity contribution is 0.270. The second-order valence-electron chi connectivity index (χ2n) is 5.95. The van der Waals surface area contributed by atoms with Crippen molar-refractivity contribution in [2.45, 2.75) is 13.8 Å². The van der Waals surface area contributed by atoms with Gasteiger partial charge >= 0.3 is 0 Å². The first-order chi connectivity index (χ1) is 11.2. The third-order valence-electron chi connectivity index (χ3n) is 4.44. The van der Waals surface area contributed by atoms with Crippen molar-refractivity contribution in [2.75, 3.05) is 49.6 Å². The van der Waals surface area contributed by atoms with Gasteiger partial charge in [0, 0.05) is 45.0 Å². The first-order valence-corrected chi connectivity index (χ1v) is 8.29. The number of hydrogen-bond donors (Lipinski definition) is 0. The van der Waals surface area contributed by atoms with E-state index in [1.54, 1.807) is 0 Å². The molecule has 1 fully saturated rings. The quantitative estimate of drug-likeness (QED) is 0.867. The fourth-order valence-corrected chi connectivity index (χ4v) is 2.95. The van der Waals surface area contributed by atoms with Gasteiger partial charge in [-0.15, -0.1) is 0 Å². The fourth-order valence-electron chi connectivity index (χ4n) is 2.95. The van der Waals surface area contributed by atoms with Crippen molar-refractivity contribution >= 4 is 17.3 Å². The predicted octanol–water partition coefficient (Wildman–Crippen LogP) is 2.69. The fraction of sp³-hybridized carbons (Fsp3) is 0.444. The Balaban J connectivity index is 1.82. The summed E-state index contributed by atoms with van der Waals surface area (Å²) in [5.41, 5.74) is 1.13. The summed E-state index contributed by atoms with van der Waals surface area (Å²) >= 11 is 0. The van der Waals surface area contributed by atoms with Gasteiger partial charge in [0.25, 0.3) is 0 Å². The minimum atomic E-state index is 0.818. The summed E-state index contributed by atoms with van der Waals surface area (Å²) < 4.78 is 0. The third kappa shape index (κ3) is 3.62. The highest BCUT2D eigenvalue weighted by Crippen LogP contribution is 2.25. The lowest BCUT2D eigenvalue weighted by atomic mass is 10.3. The van der Waals surface area contributed by atoms with Crippen LogP contribution in [0.5, 0.6) is 0 Å². The first kappa shape index (κ1) is 15.7. The molecule has 0 aliphatic carbocycles. The summed E-state index contributed by atoms with van der Waals surface area (Å²) in [6, 6.07) is 12.4. The van der Waals surface area contributed by atoms with E-state index in [0.29, 0.717) is 0 Å². The van der Waals surface area contributed by atoms with E-state index in [0.717, 1.165) is 55.9 Å². The number of aryl methyl sites for hydroxylation is 1. The lowest BCUT2D eigenvalue weighted by Gasteiger charge is -2.35. The van der Waals surface area contributed by atoms with Crippen molar-refractivity contribution in [1.29, 1.82) is 0 Å². The molecule has 0 atom stereocenters. The molecular formula is C18H25N5. The van der Waals surface area contributed by atoms with E-state index in [1.165, 1.54) is 0 Å². The van der Waals surface area contributed by atoms with E-state index in [9.17, 15) is 0 Å². The number of anilines is 3. The van der Waals surface area contributed by atoms with Crippen LogP contribution in [0.25, 0.3) is 0 Å². The molecule has 5 heteroatoms. The maximum atomic E-state index is 4.65. The number of nitrogens with zero attached hydrogens (tertiary/aromatic N) is 5. The minimum Gasteiger partial charge on any atom is -0.354 e. The van der Waals surface area contributed by atoms with Crippen molar-refractivity contribution in [3.63, 3.8) is 0 Å². The van der Waals surface area contributed by atoms with Gasteiger partial charge in [-0.2, -0.15) is 0 Å². The predicted molar refractivity (Wildman–Crippen MR) is 95.6 cm³/mol. The Bertz CT molecular complexity index is 635. The highest BCUT2D eigenvalue weighted by atomic mass is 15.3. The largest absolute Gasteiger partial charge is 0.354 e. The Hall–Kier alpha value is -2.14. The summed E-state index contributed by atoms with van der Waals surface area (Å²) in [5, 5.41) is 0. The minimum absolute atomic E-state index is 0.818. The molecular weight excluding hydrogens is 286 g/mol. The van der Waals surface area contributed by atoms with Gasteiger partial charge in [-0.25, -0.2) is 9.97 Å². The van der Waals surface area contributed by atoms with Gasteiger partial charge in [-0.3, -0.25) is 0 Å². The molecule has 3 rings (SSSR count). The average molecular weight is 311 g/mol. The topological polar surface area (TPSA) is 35.5 Å². The van der Waals surface area contributed by atoms with Gasteiger partial charge in [0.15, 0.2) is 0 Å². The molecule has 1 aromatic carbocycles. The summed E-state index contributed by atoms with van der Waals surface area (Å²) in [6.07, 6.45) is 0. The van der Waals surface area contributed by atoms with Crippen LogP contribution in [0, 0.1) is 6.92 Å². The Morgan fingerprint density at radius 3 is 2.39 bits per heavy atom. The summed E-state index contributed by atoms with van der Waals surface area (Å²) in [6.45, 7) is 9.56. The Morgan fingerprint density at radius 2 is 1.74 bits per heavy atom. The average Bonchev–Trinajstić information content (AvgIpc) is 2.61. The standard InChI is InChI=1S/C18H25N5/c1-4-22-10-12-23(13-11-22)18-14-17(19-15(2)20-18)21(3)16-8-6-5-7-9-16/h5-9,14H,4,10-13H2,1-3H3. The van der Waals surface area contributed by atoms with Gasteiger partial charge < -0.3 is 14.7 Å². The second kappa shape index (κ2) is 6.96. The van der Waals surface area contributed by atoms with Crippen molar-refractivity contribution in [2.24, 2.45) is 0 Å². The molecule has 0 radical (unpaired) electrons. The summed E-state index contributed by atoms with van der Waals surface area (Å²) in [4.78, 5) is 16.2. The Morgan fingerprint density at radius 1 is 1.04 bits per heavy atom. The van der Waals surface area contributed by atoms with E-state index >= 15 is 0 Å². The number of rotatable bonds is 4. The molecule has 23 heavy (non-hydrogen) atoms. The number of hydrogen-bond acceptors (Lipinski definition) is 5. The van der Waals surface area contributed by atoms with Crippen molar-refractivity contribution in [3.05, 3.63) is 42.2 Å². The maximum Gasteiger partial charge on any atom is 0.138 e. The monoisotopic (exact) mass is 311 g/mol. The van der Waals surface area contributed by atoms with Gasteiger partial charge in [0.1, 0.15) is 17.5 Å². The molecule has 0 saturated carbocycles. The second-order valence-corrected chi connectivity index (χ2v) is 5.95. The zero-order valence-corrected chi connectivity index (χ0v) is 14.2. The van der Waals surface area contributed by atoms with Gasteiger partial charge in [-0.05, 0) is 25.6 Å². The smallest absolute Gasteiger partial charge is 0.138 e. The molecule has 122 valence electrons. The van der Waals surface area contributed by atoms with Gasteiger partial charge in [0.2, 0.25) is 0 Å². The zero-order valence-electron chi connectivity index (χ0n) is 14.2. The van der Waals surface area contributed by atoms with Gasteiger partial charge in [0.05, 0.1) is 0 Å². The zero-order chi connectivity index (χ0) is 16.2. The van der Waals surface area contributed by atoms with Crippen LogP contribution in [0.3, 0.4) is 0 Å². The van der Waals surface area contributed by atoms with Crippen molar-refractivity contribution < 1.29 is 0 Å². The summed E-state index contributed by atoms with van der Waals surface area (Å²) in [5.74, 6) is 2.79. The number of aromatic nitrogens is 2. The normalized spacial score (nSPS) is 15.7. The van der Waals surface area contributed by atoms with E-state index < -0.39 is 0 Å². The van der Waals surface area contributed by atoms with Crippen LogP contribution in [0.4, 0.5) is 17.3 Å². The Kier molecular flexibility index (Phi) is 4.76. The van der Waals surface area contributed by atoms with E-state index in [-0.39, 0.29) is 0 Å². The molecule has 0 N–H and O–H groups in total. The van der Waals surface area contributed by atoms with Gasteiger partial charge in [-0.1, -0.05) is 25.1 Å². The molecule has 2 heterocycles. The molecule has 0 unspecified atom stereocenters. The number of likely N-dealkylation sites (N-methyl/N-ethyl adjacent to an activating group) is 1. The van der Waals surface area contributed by atoms with E-state index in [4.69, 9.17) is 0 Å². The van der Waals surface area contributed by atoms with Crippen LogP contribution in [-0.4, -0.2) is 54.6 Å². The molecule has 1 aromatic heterocycles. The molecule has 1 saturated heterocycles. The molecule has 1 aliphatic heterocycles. The highest BCUT2D eigenvalue weighted by molar-refractivity contribution is 5.62. The number of piperazine rings is 1. The highest BCUT2D eigenvalue weighted by Gasteiger charge is 2.18. The van der Waals surface area contributed by atoms with Crippen LogP contribution in [0.2, 0.25) is 0 Å². The molecule has 1 aliphatic rings. The van der Waals surface area contributed by atoms with Crippen LogP contribution < -0.4 is 9.80 Å².